The Hall–Kier alpha value is -1.81. The van der Waals surface area contributed by atoms with Gasteiger partial charge < -0.3 is 25.3 Å². The molecular weight excluding hydrogens is 300 g/mol. The van der Waals surface area contributed by atoms with Gasteiger partial charge in [0, 0.05) is 6.54 Å². The number of imidazole rings is 1. The van der Waals surface area contributed by atoms with Gasteiger partial charge in [-0.05, 0) is 20.9 Å². The van der Waals surface area contributed by atoms with Crippen molar-refractivity contribution < 1.29 is 14.2 Å². The van der Waals surface area contributed by atoms with E-state index in [9.17, 15) is 0 Å². The molecule has 0 bridgehead atoms. The molecule has 4 heterocycles. The first kappa shape index (κ1) is 14.8. The maximum Gasteiger partial charge on any atom is 0.167 e. The number of nitrogens with two attached hydrogens (primary N) is 1. The number of fused-ring (bicyclic) bond motifs is 2. The second-order valence-corrected chi connectivity index (χ2v) is 6.27. The SMILES string of the molecule is CNCC1OC(n2cnc3c(N)ncnc32)C2OC(C)(C)OC12. The zero-order chi connectivity index (χ0) is 16.2. The van der Waals surface area contributed by atoms with Crippen LogP contribution in [0.4, 0.5) is 5.82 Å². The summed E-state index contributed by atoms with van der Waals surface area (Å²) in [6.45, 7) is 4.48. The van der Waals surface area contributed by atoms with Crippen molar-refractivity contribution in [2.24, 2.45) is 0 Å². The normalized spacial score (nSPS) is 32.5. The molecule has 2 aliphatic heterocycles. The lowest BCUT2D eigenvalue weighted by Crippen LogP contribution is -2.36. The molecule has 3 N–H and O–H groups in total. The van der Waals surface area contributed by atoms with Crippen LogP contribution in [0.3, 0.4) is 0 Å². The summed E-state index contributed by atoms with van der Waals surface area (Å²) < 4.78 is 20.1. The van der Waals surface area contributed by atoms with Crippen molar-refractivity contribution >= 4 is 17.0 Å². The van der Waals surface area contributed by atoms with Crippen LogP contribution < -0.4 is 11.1 Å². The van der Waals surface area contributed by atoms with Crippen LogP contribution in [0.2, 0.25) is 0 Å². The molecule has 2 aromatic heterocycles. The van der Waals surface area contributed by atoms with Gasteiger partial charge in [0.2, 0.25) is 0 Å². The van der Waals surface area contributed by atoms with Gasteiger partial charge in [-0.1, -0.05) is 0 Å². The number of ether oxygens (including phenoxy) is 3. The van der Waals surface area contributed by atoms with Gasteiger partial charge in [-0.25, -0.2) is 15.0 Å². The topological polar surface area (TPSA) is 109 Å². The van der Waals surface area contributed by atoms with E-state index in [1.165, 1.54) is 6.33 Å². The quantitative estimate of drug-likeness (QED) is 0.816. The van der Waals surface area contributed by atoms with Crippen LogP contribution >= 0.6 is 0 Å². The van der Waals surface area contributed by atoms with Crippen LogP contribution in [0.15, 0.2) is 12.7 Å². The molecule has 4 unspecified atom stereocenters. The molecule has 2 saturated heterocycles. The molecule has 0 radical (unpaired) electrons. The highest BCUT2D eigenvalue weighted by Gasteiger charge is 2.55. The highest BCUT2D eigenvalue weighted by molar-refractivity contribution is 5.81. The van der Waals surface area contributed by atoms with Crippen LogP contribution in [-0.2, 0) is 14.2 Å². The third-order valence-corrected chi connectivity index (χ3v) is 4.19. The molecule has 2 aromatic rings. The molecule has 0 spiro atoms. The molecule has 2 aliphatic rings. The lowest BCUT2D eigenvalue weighted by Gasteiger charge is -2.24. The highest BCUT2D eigenvalue weighted by atomic mass is 16.8. The lowest BCUT2D eigenvalue weighted by atomic mass is 10.1. The third-order valence-electron chi connectivity index (χ3n) is 4.19. The Bertz CT molecular complexity index is 732. The summed E-state index contributed by atoms with van der Waals surface area (Å²) in [7, 11) is 1.88. The molecule has 0 saturated carbocycles. The van der Waals surface area contributed by atoms with Crippen LogP contribution in [0.5, 0.6) is 0 Å². The molecule has 0 amide bonds. The lowest BCUT2D eigenvalue weighted by molar-refractivity contribution is -0.195. The first-order chi connectivity index (χ1) is 11.0. The third kappa shape index (κ3) is 2.27. The van der Waals surface area contributed by atoms with Crippen molar-refractivity contribution in [2.75, 3.05) is 19.3 Å². The van der Waals surface area contributed by atoms with Crippen molar-refractivity contribution in [1.82, 2.24) is 24.8 Å². The van der Waals surface area contributed by atoms with E-state index in [4.69, 9.17) is 19.9 Å². The van der Waals surface area contributed by atoms with E-state index in [0.717, 1.165) is 0 Å². The standard InChI is InChI=1S/C14H20N6O3/c1-14(2)22-9-7(4-16-3)21-13(10(9)23-14)20-6-19-8-11(15)17-5-18-12(8)20/h5-7,9-10,13,16H,4H2,1-3H3,(H2,15,17,18). The summed E-state index contributed by atoms with van der Waals surface area (Å²) in [6.07, 6.45) is 2.20. The fraction of sp³-hybridized carbons (Fsp3) is 0.643. The van der Waals surface area contributed by atoms with Crippen molar-refractivity contribution in [2.45, 2.75) is 44.2 Å². The fourth-order valence-corrected chi connectivity index (χ4v) is 3.30. The number of anilines is 1. The van der Waals surface area contributed by atoms with Crippen LogP contribution in [0, 0.1) is 0 Å². The number of rotatable bonds is 3. The molecule has 2 fully saturated rings. The molecule has 4 atom stereocenters. The summed E-state index contributed by atoms with van der Waals surface area (Å²) in [4.78, 5) is 12.6. The number of likely N-dealkylation sites (N-methyl/N-ethyl adjacent to an activating group) is 1. The number of nitrogens with one attached hydrogen (secondary N) is 1. The largest absolute Gasteiger partial charge is 0.382 e. The second kappa shape index (κ2) is 5.10. The van der Waals surface area contributed by atoms with E-state index in [1.54, 1.807) is 6.33 Å². The van der Waals surface area contributed by atoms with Gasteiger partial charge in [0.25, 0.3) is 0 Å². The highest BCUT2D eigenvalue weighted by Crippen LogP contribution is 2.43. The maximum atomic E-state index is 6.16. The molecule has 0 aliphatic carbocycles. The number of hydrogen-bond acceptors (Lipinski definition) is 8. The maximum absolute atomic E-state index is 6.16. The van der Waals surface area contributed by atoms with Crippen molar-refractivity contribution in [3.05, 3.63) is 12.7 Å². The van der Waals surface area contributed by atoms with Gasteiger partial charge in [0.05, 0.1) is 6.33 Å². The predicted molar refractivity (Wildman–Crippen MR) is 81.4 cm³/mol. The van der Waals surface area contributed by atoms with E-state index in [2.05, 4.69) is 20.3 Å². The molecule has 23 heavy (non-hydrogen) atoms. The summed E-state index contributed by atoms with van der Waals surface area (Å²) in [5.74, 6) is -0.299. The molecule has 9 nitrogen and oxygen atoms in total. The second-order valence-electron chi connectivity index (χ2n) is 6.27. The van der Waals surface area contributed by atoms with E-state index >= 15 is 0 Å². The van der Waals surface area contributed by atoms with Crippen molar-refractivity contribution in [3.63, 3.8) is 0 Å². The van der Waals surface area contributed by atoms with E-state index in [0.29, 0.717) is 23.5 Å². The van der Waals surface area contributed by atoms with Crippen molar-refractivity contribution in [3.8, 4) is 0 Å². The van der Waals surface area contributed by atoms with Crippen LogP contribution in [0.1, 0.15) is 20.1 Å². The number of aromatic nitrogens is 4. The summed E-state index contributed by atoms with van der Waals surface area (Å²) in [5, 5.41) is 3.13. The number of nitrogens with zero attached hydrogens (tertiary/aromatic N) is 4. The van der Waals surface area contributed by atoms with E-state index in [-0.39, 0.29) is 24.5 Å². The smallest absolute Gasteiger partial charge is 0.167 e. The molecular formula is C14H20N6O3. The van der Waals surface area contributed by atoms with Gasteiger partial charge in [0.15, 0.2) is 23.5 Å². The average molecular weight is 320 g/mol. The Balaban J connectivity index is 1.74. The monoisotopic (exact) mass is 320 g/mol. The number of nitrogen functional groups attached to an aromatic ring is 1. The fourth-order valence-electron chi connectivity index (χ4n) is 3.30. The van der Waals surface area contributed by atoms with Gasteiger partial charge >= 0.3 is 0 Å². The van der Waals surface area contributed by atoms with E-state index < -0.39 is 5.79 Å². The Labute approximate surface area is 133 Å². The first-order valence-electron chi connectivity index (χ1n) is 7.59. The van der Waals surface area contributed by atoms with Gasteiger partial charge in [-0.2, -0.15) is 0 Å². The Morgan fingerprint density at radius 3 is 2.83 bits per heavy atom. The molecule has 0 aromatic carbocycles. The van der Waals surface area contributed by atoms with Crippen LogP contribution in [0.25, 0.3) is 11.2 Å². The average Bonchev–Trinajstić information content (AvgIpc) is 3.13. The zero-order valence-corrected chi connectivity index (χ0v) is 13.3. The summed E-state index contributed by atoms with van der Waals surface area (Å²) in [6, 6.07) is 0. The minimum Gasteiger partial charge on any atom is -0.382 e. The van der Waals surface area contributed by atoms with Gasteiger partial charge in [-0.3, -0.25) is 4.57 Å². The van der Waals surface area contributed by atoms with Gasteiger partial charge in [0.1, 0.15) is 30.2 Å². The minimum absolute atomic E-state index is 0.117. The van der Waals surface area contributed by atoms with Gasteiger partial charge in [-0.15, -0.1) is 0 Å². The summed E-state index contributed by atoms with van der Waals surface area (Å²) in [5.41, 5.74) is 7.04. The molecule has 124 valence electrons. The summed E-state index contributed by atoms with van der Waals surface area (Å²) >= 11 is 0. The van der Waals surface area contributed by atoms with Crippen LogP contribution in [-0.4, -0.2) is 57.2 Å². The van der Waals surface area contributed by atoms with Crippen molar-refractivity contribution in [1.29, 1.82) is 0 Å². The predicted octanol–water partition coefficient (Wildman–Crippen LogP) is 0.0454. The Morgan fingerprint density at radius 1 is 1.26 bits per heavy atom. The first-order valence-corrected chi connectivity index (χ1v) is 7.59. The van der Waals surface area contributed by atoms with E-state index in [1.807, 2.05) is 25.5 Å². The number of hydrogen-bond donors (Lipinski definition) is 2. The Morgan fingerprint density at radius 2 is 2.04 bits per heavy atom. The minimum atomic E-state index is -0.645. The zero-order valence-electron chi connectivity index (χ0n) is 13.3. The Kier molecular flexibility index (Phi) is 3.27. The molecule has 9 heteroatoms. The molecule has 4 rings (SSSR count).